The second kappa shape index (κ2) is 5.95. The second-order valence-electron chi connectivity index (χ2n) is 3.99. The van der Waals surface area contributed by atoms with E-state index in [1.807, 2.05) is 6.07 Å². The van der Waals surface area contributed by atoms with E-state index >= 15 is 0 Å². The molecule has 0 unspecified atom stereocenters. The number of nitrogens with two attached hydrogens (primary N) is 1. The molecule has 6 heteroatoms. The molecule has 0 aliphatic carbocycles. The molecule has 0 aromatic heterocycles. The SMILES string of the molecule is N#Cc1ccc(NC(=O)c2ccc(Cl)cc2Br)c(N)c1. The van der Waals surface area contributed by atoms with Gasteiger partial charge in [-0.2, -0.15) is 5.26 Å². The molecule has 1 amide bonds. The van der Waals surface area contributed by atoms with Gasteiger partial charge < -0.3 is 11.1 Å². The van der Waals surface area contributed by atoms with Gasteiger partial charge in [0.1, 0.15) is 0 Å². The highest BCUT2D eigenvalue weighted by Gasteiger charge is 2.12. The predicted molar refractivity (Wildman–Crippen MR) is 82.7 cm³/mol. The van der Waals surface area contributed by atoms with Crippen molar-refractivity contribution in [2.75, 3.05) is 11.1 Å². The molecule has 20 heavy (non-hydrogen) atoms. The summed E-state index contributed by atoms with van der Waals surface area (Å²) < 4.78 is 0.592. The first-order valence-corrected chi connectivity index (χ1v) is 6.74. The van der Waals surface area contributed by atoms with Gasteiger partial charge in [-0.05, 0) is 52.3 Å². The normalized spacial score (nSPS) is 9.85. The minimum absolute atomic E-state index is 0.315. The Morgan fingerprint density at radius 3 is 2.65 bits per heavy atom. The fourth-order valence-electron chi connectivity index (χ4n) is 1.61. The zero-order valence-electron chi connectivity index (χ0n) is 10.2. The highest BCUT2D eigenvalue weighted by molar-refractivity contribution is 9.10. The van der Waals surface area contributed by atoms with Crippen LogP contribution in [0.5, 0.6) is 0 Å². The lowest BCUT2D eigenvalue weighted by Gasteiger charge is -2.09. The van der Waals surface area contributed by atoms with Gasteiger partial charge in [-0.3, -0.25) is 4.79 Å². The summed E-state index contributed by atoms with van der Waals surface area (Å²) in [6, 6.07) is 11.5. The first-order chi connectivity index (χ1) is 9.51. The van der Waals surface area contributed by atoms with E-state index in [9.17, 15) is 4.79 Å². The Morgan fingerprint density at radius 1 is 1.30 bits per heavy atom. The van der Waals surface area contributed by atoms with Crippen molar-refractivity contribution in [3.8, 4) is 6.07 Å². The summed E-state index contributed by atoms with van der Waals surface area (Å²) in [5.41, 5.74) is 7.46. The molecule has 3 N–H and O–H groups in total. The third-order valence-corrected chi connectivity index (χ3v) is 3.50. The number of nitrogens with one attached hydrogen (secondary N) is 1. The van der Waals surface area contributed by atoms with Crippen molar-refractivity contribution in [1.29, 1.82) is 5.26 Å². The quantitative estimate of drug-likeness (QED) is 0.808. The number of nitrogens with zero attached hydrogens (tertiary/aromatic N) is 1. The smallest absolute Gasteiger partial charge is 0.256 e. The van der Waals surface area contributed by atoms with E-state index in [1.165, 1.54) is 6.07 Å². The molecule has 0 atom stereocenters. The van der Waals surface area contributed by atoms with E-state index in [2.05, 4.69) is 21.2 Å². The van der Waals surface area contributed by atoms with Gasteiger partial charge in [0.2, 0.25) is 0 Å². The lowest BCUT2D eigenvalue weighted by Crippen LogP contribution is -2.13. The van der Waals surface area contributed by atoms with Crippen LogP contribution in [0.4, 0.5) is 11.4 Å². The van der Waals surface area contributed by atoms with E-state index in [4.69, 9.17) is 22.6 Å². The molecule has 0 spiro atoms. The first kappa shape index (κ1) is 14.4. The largest absolute Gasteiger partial charge is 0.397 e. The van der Waals surface area contributed by atoms with E-state index in [0.717, 1.165) is 0 Å². The molecule has 0 heterocycles. The van der Waals surface area contributed by atoms with Gasteiger partial charge in [-0.1, -0.05) is 11.6 Å². The Hall–Kier alpha value is -2.03. The summed E-state index contributed by atoms with van der Waals surface area (Å²) in [4.78, 5) is 12.1. The zero-order chi connectivity index (χ0) is 14.7. The molecule has 2 aromatic carbocycles. The van der Waals surface area contributed by atoms with Crippen LogP contribution in [-0.2, 0) is 0 Å². The van der Waals surface area contributed by atoms with Crippen LogP contribution < -0.4 is 11.1 Å². The van der Waals surface area contributed by atoms with Crippen LogP contribution in [-0.4, -0.2) is 5.91 Å². The number of nitriles is 1. The predicted octanol–water partition coefficient (Wildman–Crippen LogP) is 3.81. The number of nitrogen functional groups attached to an aromatic ring is 1. The van der Waals surface area contributed by atoms with Gasteiger partial charge in [0.05, 0.1) is 28.6 Å². The van der Waals surface area contributed by atoms with Crippen LogP contribution in [0.15, 0.2) is 40.9 Å². The molecule has 0 fully saturated rings. The van der Waals surface area contributed by atoms with Gasteiger partial charge in [0, 0.05) is 9.50 Å². The molecule has 0 aliphatic heterocycles. The third-order valence-electron chi connectivity index (χ3n) is 2.60. The zero-order valence-corrected chi connectivity index (χ0v) is 12.5. The van der Waals surface area contributed by atoms with Crippen molar-refractivity contribution in [2.24, 2.45) is 0 Å². The van der Waals surface area contributed by atoms with Crippen LogP contribution >= 0.6 is 27.5 Å². The summed E-state index contributed by atoms with van der Waals surface area (Å²) in [7, 11) is 0. The fourth-order valence-corrected chi connectivity index (χ4v) is 2.47. The lowest BCUT2D eigenvalue weighted by molar-refractivity contribution is 0.102. The molecule has 2 rings (SSSR count). The van der Waals surface area contributed by atoms with Crippen LogP contribution in [0.25, 0.3) is 0 Å². The maximum Gasteiger partial charge on any atom is 0.256 e. The standard InChI is InChI=1S/C14H9BrClN3O/c15-11-6-9(16)2-3-10(11)14(20)19-13-4-1-8(7-17)5-12(13)18/h1-6H,18H2,(H,19,20). The van der Waals surface area contributed by atoms with Gasteiger partial charge in [0.15, 0.2) is 0 Å². The van der Waals surface area contributed by atoms with Crippen molar-refractivity contribution >= 4 is 44.8 Å². The van der Waals surface area contributed by atoms with E-state index < -0.39 is 0 Å². The van der Waals surface area contributed by atoms with Crippen LogP contribution in [0.3, 0.4) is 0 Å². The van der Waals surface area contributed by atoms with Crippen molar-refractivity contribution < 1.29 is 4.79 Å². The topological polar surface area (TPSA) is 78.9 Å². The summed E-state index contributed by atoms with van der Waals surface area (Å²) in [5, 5.41) is 12.0. The van der Waals surface area contributed by atoms with Crippen LogP contribution in [0.1, 0.15) is 15.9 Å². The second-order valence-corrected chi connectivity index (χ2v) is 5.28. The average Bonchev–Trinajstić information content (AvgIpc) is 2.40. The van der Waals surface area contributed by atoms with Crippen LogP contribution in [0, 0.1) is 11.3 Å². The molecule has 4 nitrogen and oxygen atoms in total. The summed E-state index contributed by atoms with van der Waals surface area (Å²) in [6.07, 6.45) is 0. The van der Waals surface area contributed by atoms with Crippen molar-refractivity contribution in [2.45, 2.75) is 0 Å². The number of anilines is 2. The van der Waals surface area contributed by atoms with Gasteiger partial charge in [0.25, 0.3) is 5.91 Å². The number of benzene rings is 2. The number of halogens is 2. The number of hydrogen-bond acceptors (Lipinski definition) is 3. The minimum Gasteiger partial charge on any atom is -0.397 e. The summed E-state index contributed by atoms with van der Waals surface area (Å²) >= 11 is 9.11. The first-order valence-electron chi connectivity index (χ1n) is 5.57. The van der Waals surface area contributed by atoms with Crippen molar-refractivity contribution in [1.82, 2.24) is 0 Å². The van der Waals surface area contributed by atoms with E-state index in [-0.39, 0.29) is 5.91 Å². The Kier molecular flexibility index (Phi) is 4.28. The fraction of sp³-hybridized carbons (Fsp3) is 0. The van der Waals surface area contributed by atoms with E-state index in [1.54, 1.807) is 30.3 Å². The number of carbonyl (C=O) groups excluding carboxylic acids is 1. The average molecular weight is 351 g/mol. The maximum atomic E-state index is 12.1. The number of rotatable bonds is 2. The maximum absolute atomic E-state index is 12.1. The third kappa shape index (κ3) is 3.10. The summed E-state index contributed by atoms with van der Waals surface area (Å²) in [5.74, 6) is -0.315. The Balaban J connectivity index is 2.26. The number of amides is 1. The molecule has 2 aromatic rings. The van der Waals surface area contributed by atoms with Crippen LogP contribution in [0.2, 0.25) is 5.02 Å². The highest BCUT2D eigenvalue weighted by Crippen LogP contribution is 2.24. The molecular formula is C14H9BrClN3O. The van der Waals surface area contributed by atoms with Crippen molar-refractivity contribution in [3.63, 3.8) is 0 Å². The van der Waals surface area contributed by atoms with E-state index in [0.29, 0.717) is 32.0 Å². The molecule has 100 valence electrons. The Labute approximate surface area is 129 Å². The van der Waals surface area contributed by atoms with Gasteiger partial charge in [-0.25, -0.2) is 0 Å². The molecule has 0 saturated carbocycles. The molecule has 0 radical (unpaired) electrons. The number of carbonyl (C=O) groups is 1. The summed E-state index contributed by atoms with van der Waals surface area (Å²) in [6.45, 7) is 0. The molecule has 0 saturated heterocycles. The lowest BCUT2D eigenvalue weighted by atomic mass is 10.1. The number of hydrogen-bond donors (Lipinski definition) is 2. The Morgan fingerprint density at radius 2 is 2.05 bits per heavy atom. The highest BCUT2D eigenvalue weighted by atomic mass is 79.9. The monoisotopic (exact) mass is 349 g/mol. The van der Waals surface area contributed by atoms with Gasteiger partial charge >= 0.3 is 0 Å². The molecular weight excluding hydrogens is 342 g/mol. The van der Waals surface area contributed by atoms with Crippen molar-refractivity contribution in [3.05, 3.63) is 57.0 Å². The Bertz CT molecular complexity index is 725. The van der Waals surface area contributed by atoms with Gasteiger partial charge in [-0.15, -0.1) is 0 Å². The molecule has 0 bridgehead atoms. The molecule has 0 aliphatic rings. The minimum atomic E-state index is -0.315.